The summed E-state index contributed by atoms with van der Waals surface area (Å²) in [4.78, 5) is 0. The quantitative estimate of drug-likeness (QED) is 0.874. The molecule has 3 nitrogen and oxygen atoms in total. The second-order valence-electron chi connectivity index (χ2n) is 6.26. The van der Waals surface area contributed by atoms with Crippen molar-refractivity contribution in [2.75, 3.05) is 6.61 Å². The minimum absolute atomic E-state index is 0.0947. The van der Waals surface area contributed by atoms with Crippen molar-refractivity contribution in [3.63, 3.8) is 0 Å². The fourth-order valence-corrected chi connectivity index (χ4v) is 1.99. The number of hydrogen-bond acceptors (Lipinski definition) is 2. The Labute approximate surface area is 127 Å². The lowest BCUT2D eigenvalue weighted by Gasteiger charge is -2.19. The van der Waals surface area contributed by atoms with E-state index in [-0.39, 0.29) is 11.6 Å². The molecule has 0 unspecified atom stereocenters. The number of quaternary nitrogens is 1. The zero-order chi connectivity index (χ0) is 15.3. The van der Waals surface area contributed by atoms with Crippen LogP contribution in [0.2, 0.25) is 5.02 Å². The van der Waals surface area contributed by atoms with Gasteiger partial charge in [0.2, 0.25) is 0 Å². The molecule has 0 atom stereocenters. The number of benzene rings is 1. The van der Waals surface area contributed by atoms with E-state index < -0.39 is 0 Å². The van der Waals surface area contributed by atoms with Crippen molar-refractivity contribution in [2.45, 2.75) is 59.7 Å². The summed E-state index contributed by atoms with van der Waals surface area (Å²) in [6, 6.07) is 3.85. The van der Waals surface area contributed by atoms with Crippen molar-refractivity contribution >= 4 is 11.6 Å². The summed E-state index contributed by atoms with van der Waals surface area (Å²) in [6.07, 6.45) is 0.0947. The van der Waals surface area contributed by atoms with E-state index in [2.05, 4.69) is 26.1 Å². The summed E-state index contributed by atoms with van der Waals surface area (Å²) in [6.45, 7) is 13.9. The van der Waals surface area contributed by atoms with Gasteiger partial charge in [-0.3, -0.25) is 0 Å². The van der Waals surface area contributed by atoms with Gasteiger partial charge in [0, 0.05) is 11.6 Å². The van der Waals surface area contributed by atoms with E-state index in [1.165, 1.54) is 0 Å². The van der Waals surface area contributed by atoms with Gasteiger partial charge < -0.3 is 14.8 Å². The van der Waals surface area contributed by atoms with Crippen molar-refractivity contribution < 1.29 is 14.8 Å². The topological polar surface area (TPSA) is 35.1 Å². The molecule has 0 amide bonds. The van der Waals surface area contributed by atoms with Crippen LogP contribution in [0.1, 0.15) is 47.1 Å². The SMILES string of the molecule is CCOc1cc(C[NH2+]C(C)(C)C)c(Cl)cc1OC(C)C. The van der Waals surface area contributed by atoms with Crippen molar-refractivity contribution in [3.05, 3.63) is 22.7 Å². The standard InChI is InChI=1S/C16H26ClNO2/c1-7-19-14-8-12(10-18-16(4,5)6)13(17)9-15(14)20-11(2)3/h8-9,11,18H,7,10H2,1-6H3/p+1. The predicted octanol–water partition coefficient (Wildman–Crippen LogP) is 3.39. The van der Waals surface area contributed by atoms with Crippen molar-refractivity contribution in [1.82, 2.24) is 0 Å². The van der Waals surface area contributed by atoms with Crippen LogP contribution in [0.4, 0.5) is 0 Å². The van der Waals surface area contributed by atoms with Gasteiger partial charge in [0.15, 0.2) is 11.5 Å². The molecule has 0 fully saturated rings. The van der Waals surface area contributed by atoms with Crippen LogP contribution in [-0.4, -0.2) is 18.2 Å². The fourth-order valence-electron chi connectivity index (χ4n) is 1.76. The van der Waals surface area contributed by atoms with Gasteiger partial charge in [-0.15, -0.1) is 0 Å². The molecule has 0 saturated heterocycles. The van der Waals surface area contributed by atoms with Gasteiger partial charge in [-0.25, -0.2) is 0 Å². The van der Waals surface area contributed by atoms with Gasteiger partial charge in [-0.1, -0.05) is 11.6 Å². The third-order valence-electron chi connectivity index (χ3n) is 2.71. The molecule has 2 N–H and O–H groups in total. The van der Waals surface area contributed by atoms with Crippen molar-refractivity contribution in [2.24, 2.45) is 0 Å². The van der Waals surface area contributed by atoms with Gasteiger partial charge in [0.05, 0.1) is 23.3 Å². The van der Waals surface area contributed by atoms with Crippen molar-refractivity contribution in [3.8, 4) is 11.5 Å². The smallest absolute Gasteiger partial charge is 0.163 e. The Morgan fingerprint density at radius 1 is 1.20 bits per heavy atom. The number of halogens is 1. The molecule has 0 radical (unpaired) electrons. The molecule has 1 aromatic rings. The Balaban J connectivity index is 2.99. The Bertz CT molecular complexity index is 439. The molecule has 0 bridgehead atoms. The second-order valence-corrected chi connectivity index (χ2v) is 6.67. The zero-order valence-electron chi connectivity index (χ0n) is 13.4. The highest BCUT2D eigenvalue weighted by molar-refractivity contribution is 6.31. The Morgan fingerprint density at radius 2 is 1.85 bits per heavy atom. The van der Waals surface area contributed by atoms with Gasteiger partial charge in [0.25, 0.3) is 0 Å². The van der Waals surface area contributed by atoms with E-state index >= 15 is 0 Å². The molecule has 0 heterocycles. The Hall–Kier alpha value is -0.930. The van der Waals surface area contributed by atoms with E-state index in [0.29, 0.717) is 12.4 Å². The number of nitrogens with two attached hydrogens (primary N) is 1. The molecular formula is C16H27ClNO2+. The van der Waals surface area contributed by atoms with Crippen LogP contribution in [0.15, 0.2) is 12.1 Å². The van der Waals surface area contributed by atoms with Gasteiger partial charge in [-0.2, -0.15) is 0 Å². The molecule has 0 aliphatic rings. The average Bonchev–Trinajstić information content (AvgIpc) is 2.29. The lowest BCUT2D eigenvalue weighted by molar-refractivity contribution is -0.731. The third kappa shape index (κ3) is 5.59. The Kier molecular flexibility index (Phi) is 6.15. The number of rotatable bonds is 6. The van der Waals surface area contributed by atoms with Crippen LogP contribution >= 0.6 is 11.6 Å². The summed E-state index contributed by atoms with van der Waals surface area (Å²) in [5, 5.41) is 2.98. The molecule has 1 aromatic carbocycles. The molecule has 114 valence electrons. The first-order valence-corrected chi connectivity index (χ1v) is 7.57. The number of ether oxygens (including phenoxy) is 2. The highest BCUT2D eigenvalue weighted by atomic mass is 35.5. The predicted molar refractivity (Wildman–Crippen MR) is 83.8 cm³/mol. The fraction of sp³-hybridized carbons (Fsp3) is 0.625. The van der Waals surface area contributed by atoms with Crippen LogP contribution in [0.5, 0.6) is 11.5 Å². The first kappa shape index (κ1) is 17.1. The summed E-state index contributed by atoms with van der Waals surface area (Å²) < 4.78 is 11.4. The molecule has 4 heteroatoms. The van der Waals surface area contributed by atoms with E-state index in [9.17, 15) is 0 Å². The largest absolute Gasteiger partial charge is 0.490 e. The first-order valence-electron chi connectivity index (χ1n) is 7.19. The van der Waals surface area contributed by atoms with Crippen LogP contribution in [-0.2, 0) is 6.54 Å². The van der Waals surface area contributed by atoms with Crippen LogP contribution < -0.4 is 14.8 Å². The molecule has 0 aromatic heterocycles. The maximum absolute atomic E-state index is 6.36. The number of hydrogen-bond donors (Lipinski definition) is 1. The lowest BCUT2D eigenvalue weighted by Crippen LogP contribution is -2.92. The summed E-state index contributed by atoms with van der Waals surface area (Å²) in [7, 11) is 0. The maximum atomic E-state index is 6.36. The van der Waals surface area contributed by atoms with Crippen molar-refractivity contribution in [1.29, 1.82) is 0 Å². The van der Waals surface area contributed by atoms with Crippen LogP contribution in [0.3, 0.4) is 0 Å². The molecule has 20 heavy (non-hydrogen) atoms. The molecule has 1 rings (SSSR count). The third-order valence-corrected chi connectivity index (χ3v) is 3.06. The zero-order valence-corrected chi connectivity index (χ0v) is 14.2. The van der Waals surface area contributed by atoms with Gasteiger partial charge >= 0.3 is 0 Å². The lowest BCUT2D eigenvalue weighted by atomic mass is 10.1. The monoisotopic (exact) mass is 300 g/mol. The minimum atomic E-state index is 0.0947. The summed E-state index contributed by atoms with van der Waals surface area (Å²) >= 11 is 6.36. The van der Waals surface area contributed by atoms with Gasteiger partial charge in [0.1, 0.15) is 6.54 Å². The highest BCUT2D eigenvalue weighted by Gasteiger charge is 2.17. The van der Waals surface area contributed by atoms with Crippen LogP contribution in [0, 0.1) is 0 Å². The highest BCUT2D eigenvalue weighted by Crippen LogP contribution is 2.34. The molecular weight excluding hydrogens is 274 g/mol. The van der Waals surface area contributed by atoms with E-state index in [4.69, 9.17) is 21.1 Å². The maximum Gasteiger partial charge on any atom is 0.163 e. The van der Waals surface area contributed by atoms with E-state index in [0.717, 1.165) is 22.9 Å². The molecule has 0 spiro atoms. The van der Waals surface area contributed by atoms with Crippen LogP contribution in [0.25, 0.3) is 0 Å². The minimum Gasteiger partial charge on any atom is -0.490 e. The molecule has 0 aliphatic carbocycles. The average molecular weight is 301 g/mol. The normalized spacial score (nSPS) is 11.8. The van der Waals surface area contributed by atoms with Gasteiger partial charge in [-0.05, 0) is 47.6 Å². The summed E-state index contributed by atoms with van der Waals surface area (Å²) in [5.74, 6) is 1.48. The first-order chi connectivity index (χ1) is 9.23. The second kappa shape index (κ2) is 7.19. The summed E-state index contributed by atoms with van der Waals surface area (Å²) in [5.41, 5.74) is 1.24. The Morgan fingerprint density at radius 3 is 2.35 bits per heavy atom. The molecule has 0 saturated carbocycles. The molecule has 0 aliphatic heterocycles. The van der Waals surface area contributed by atoms with E-state index in [1.807, 2.05) is 32.9 Å². The van der Waals surface area contributed by atoms with E-state index in [1.54, 1.807) is 0 Å².